The second-order valence-electron chi connectivity index (χ2n) is 4.86. The lowest BCUT2D eigenvalue weighted by atomic mass is 10.3. The predicted molar refractivity (Wildman–Crippen MR) is 91.2 cm³/mol. The van der Waals surface area contributed by atoms with E-state index in [9.17, 15) is 26.9 Å². The largest absolute Gasteiger partial charge is 0.289 e. The number of para-hydroxylation sites is 1. The quantitative estimate of drug-likeness (QED) is 0.550. The maximum absolute atomic E-state index is 12.4. The summed E-state index contributed by atoms with van der Waals surface area (Å²) in [5.74, 6) is 0. The number of benzene rings is 2. The summed E-state index contributed by atoms with van der Waals surface area (Å²) in [6.07, 6.45) is 0. The first-order valence-corrected chi connectivity index (χ1v) is 10.00. The molecule has 25 heavy (non-hydrogen) atoms. The second-order valence-corrected chi connectivity index (χ2v) is 8.27. The van der Waals surface area contributed by atoms with Crippen molar-refractivity contribution in [2.45, 2.75) is 16.7 Å². The van der Waals surface area contributed by atoms with Crippen LogP contribution in [0.2, 0.25) is 0 Å². The molecule has 0 aliphatic rings. The molecule has 0 spiro atoms. The molecule has 2 rings (SSSR count). The number of nitro groups is 1. The topological polar surface area (TPSA) is 135 Å². The number of rotatable bonds is 7. The third-order valence-corrected chi connectivity index (χ3v) is 6.09. The normalized spacial score (nSPS) is 11.9. The Labute approximate surface area is 144 Å². The highest BCUT2D eigenvalue weighted by Crippen LogP contribution is 2.25. The molecule has 11 heteroatoms. The Morgan fingerprint density at radius 1 is 0.960 bits per heavy atom. The van der Waals surface area contributed by atoms with Crippen LogP contribution < -0.4 is 9.44 Å². The molecule has 0 fully saturated rings. The average molecular weight is 385 g/mol. The van der Waals surface area contributed by atoms with Crippen molar-refractivity contribution in [2.75, 3.05) is 11.3 Å². The maximum atomic E-state index is 12.4. The van der Waals surface area contributed by atoms with Gasteiger partial charge in [-0.2, -0.15) is 0 Å². The molecule has 2 aromatic carbocycles. The van der Waals surface area contributed by atoms with Gasteiger partial charge >= 0.3 is 0 Å². The van der Waals surface area contributed by atoms with Crippen molar-refractivity contribution in [3.05, 3.63) is 58.6 Å². The summed E-state index contributed by atoms with van der Waals surface area (Å²) in [4.78, 5) is 9.68. The van der Waals surface area contributed by atoms with Gasteiger partial charge in [0.2, 0.25) is 10.0 Å². The molecular weight excluding hydrogens is 370 g/mol. The van der Waals surface area contributed by atoms with Crippen LogP contribution in [0.4, 0.5) is 11.4 Å². The van der Waals surface area contributed by atoms with E-state index in [0.29, 0.717) is 0 Å². The van der Waals surface area contributed by atoms with E-state index in [4.69, 9.17) is 0 Å². The van der Waals surface area contributed by atoms with E-state index < -0.39 is 35.6 Å². The minimum Gasteiger partial charge on any atom is -0.279 e. The fourth-order valence-corrected chi connectivity index (χ4v) is 4.29. The number of nitrogens with one attached hydrogen (secondary N) is 2. The van der Waals surface area contributed by atoms with Gasteiger partial charge in [-0.05, 0) is 30.3 Å². The highest BCUT2D eigenvalue weighted by Gasteiger charge is 2.25. The van der Waals surface area contributed by atoms with Crippen LogP contribution in [0.15, 0.2) is 58.3 Å². The molecule has 0 bridgehead atoms. The smallest absolute Gasteiger partial charge is 0.279 e. The fourth-order valence-electron chi connectivity index (χ4n) is 2.02. The lowest BCUT2D eigenvalue weighted by Crippen LogP contribution is -2.23. The molecule has 0 aliphatic heterocycles. The monoisotopic (exact) mass is 385 g/mol. The van der Waals surface area contributed by atoms with E-state index >= 15 is 0 Å². The van der Waals surface area contributed by atoms with Gasteiger partial charge < -0.3 is 0 Å². The lowest BCUT2D eigenvalue weighted by Gasteiger charge is -2.09. The maximum Gasteiger partial charge on any atom is 0.289 e. The van der Waals surface area contributed by atoms with Crippen molar-refractivity contribution in [1.82, 2.24) is 4.72 Å². The molecule has 0 aromatic heterocycles. The zero-order valence-corrected chi connectivity index (χ0v) is 14.7. The number of anilines is 1. The van der Waals surface area contributed by atoms with E-state index in [0.717, 1.165) is 12.1 Å². The summed E-state index contributed by atoms with van der Waals surface area (Å²) < 4.78 is 52.9. The molecule has 2 N–H and O–H groups in total. The Kier molecular flexibility index (Phi) is 5.40. The molecule has 0 heterocycles. The third kappa shape index (κ3) is 4.32. The average Bonchev–Trinajstić information content (AvgIpc) is 2.55. The molecule has 9 nitrogen and oxygen atoms in total. The van der Waals surface area contributed by atoms with Gasteiger partial charge in [-0.3, -0.25) is 14.8 Å². The van der Waals surface area contributed by atoms with Crippen LogP contribution in [0.25, 0.3) is 0 Å². The number of nitro benzene ring substituents is 1. The molecule has 0 saturated carbocycles. The van der Waals surface area contributed by atoms with Crippen LogP contribution in [0, 0.1) is 10.1 Å². The van der Waals surface area contributed by atoms with Crippen LogP contribution in [0.3, 0.4) is 0 Å². The van der Waals surface area contributed by atoms with E-state index in [-0.39, 0.29) is 17.1 Å². The van der Waals surface area contributed by atoms with Gasteiger partial charge in [0, 0.05) is 18.3 Å². The van der Waals surface area contributed by atoms with Crippen molar-refractivity contribution in [2.24, 2.45) is 0 Å². The van der Waals surface area contributed by atoms with Crippen LogP contribution >= 0.6 is 0 Å². The van der Waals surface area contributed by atoms with Crippen molar-refractivity contribution < 1.29 is 21.8 Å². The second kappa shape index (κ2) is 7.17. The summed E-state index contributed by atoms with van der Waals surface area (Å²) in [5.41, 5.74) is -0.477. The molecule has 0 atom stereocenters. The lowest BCUT2D eigenvalue weighted by molar-refractivity contribution is -0.387. The fraction of sp³-hybridized carbons (Fsp3) is 0.143. The number of nitrogens with zero attached hydrogens (tertiary/aromatic N) is 1. The number of hydrogen-bond acceptors (Lipinski definition) is 6. The molecule has 0 amide bonds. The van der Waals surface area contributed by atoms with Gasteiger partial charge in [-0.1, -0.05) is 19.1 Å². The van der Waals surface area contributed by atoms with Crippen molar-refractivity contribution in [3.63, 3.8) is 0 Å². The Morgan fingerprint density at radius 3 is 2.12 bits per heavy atom. The Hall–Kier alpha value is -2.50. The summed E-state index contributed by atoms with van der Waals surface area (Å²) in [7, 11) is -7.86. The summed E-state index contributed by atoms with van der Waals surface area (Å²) >= 11 is 0. The zero-order valence-electron chi connectivity index (χ0n) is 13.0. The summed E-state index contributed by atoms with van der Waals surface area (Å²) in [5, 5.41) is 11.0. The van der Waals surface area contributed by atoms with Gasteiger partial charge in [0.15, 0.2) is 4.90 Å². The van der Waals surface area contributed by atoms with Gasteiger partial charge in [-0.25, -0.2) is 21.6 Å². The standard InChI is InChI=1S/C14H15N3O6S2/c1-2-15-24(20,21)12-9-7-11(8-10-12)16-25(22,23)14-6-4-3-5-13(14)17(18)19/h3-10,15-16H,2H2,1H3. The Morgan fingerprint density at radius 2 is 1.56 bits per heavy atom. The molecule has 0 aliphatic carbocycles. The van der Waals surface area contributed by atoms with Crippen LogP contribution in [-0.4, -0.2) is 28.3 Å². The van der Waals surface area contributed by atoms with Gasteiger partial charge in [0.05, 0.1) is 9.82 Å². The van der Waals surface area contributed by atoms with E-state index in [2.05, 4.69) is 9.44 Å². The highest BCUT2D eigenvalue weighted by molar-refractivity contribution is 7.93. The SMILES string of the molecule is CCNS(=O)(=O)c1ccc(NS(=O)(=O)c2ccccc2[N+](=O)[O-])cc1. The van der Waals surface area contributed by atoms with Gasteiger partial charge in [0.25, 0.3) is 15.7 Å². The molecule has 0 unspecified atom stereocenters. The number of hydrogen-bond donors (Lipinski definition) is 2. The summed E-state index contributed by atoms with van der Waals surface area (Å²) in [6, 6.07) is 9.91. The van der Waals surface area contributed by atoms with Crippen LogP contribution in [0.1, 0.15) is 6.92 Å². The zero-order chi connectivity index (χ0) is 18.7. The van der Waals surface area contributed by atoms with Gasteiger partial charge in [0.1, 0.15) is 0 Å². The Bertz CT molecular complexity index is 985. The minimum atomic E-state index is -4.20. The van der Waals surface area contributed by atoms with Crippen LogP contribution in [-0.2, 0) is 20.0 Å². The molecule has 0 saturated heterocycles. The van der Waals surface area contributed by atoms with E-state index in [1.807, 2.05) is 0 Å². The molecule has 2 aromatic rings. The van der Waals surface area contributed by atoms with Crippen LogP contribution in [0.5, 0.6) is 0 Å². The molecular formula is C14H15N3O6S2. The molecule has 134 valence electrons. The first-order chi connectivity index (χ1) is 11.7. The number of sulfonamides is 2. The minimum absolute atomic E-state index is 0.0250. The van der Waals surface area contributed by atoms with Crippen molar-refractivity contribution in [1.29, 1.82) is 0 Å². The first-order valence-electron chi connectivity index (χ1n) is 7.03. The Balaban J connectivity index is 2.32. The first kappa shape index (κ1) is 18.8. The highest BCUT2D eigenvalue weighted by atomic mass is 32.2. The van der Waals surface area contributed by atoms with E-state index in [1.54, 1.807) is 6.92 Å². The predicted octanol–water partition coefficient (Wildman–Crippen LogP) is 1.69. The van der Waals surface area contributed by atoms with Crippen molar-refractivity contribution >= 4 is 31.4 Å². The summed E-state index contributed by atoms with van der Waals surface area (Å²) in [6.45, 7) is 1.85. The third-order valence-electron chi connectivity index (χ3n) is 3.10. The van der Waals surface area contributed by atoms with Crippen molar-refractivity contribution in [3.8, 4) is 0 Å². The van der Waals surface area contributed by atoms with Gasteiger partial charge in [-0.15, -0.1) is 0 Å². The van der Waals surface area contributed by atoms with E-state index in [1.165, 1.54) is 36.4 Å². The molecule has 0 radical (unpaired) electrons.